The van der Waals surface area contributed by atoms with Gasteiger partial charge in [-0.25, -0.2) is 8.42 Å². The molecule has 0 radical (unpaired) electrons. The molecule has 2 aromatic heterocycles. The Bertz CT molecular complexity index is 1100. The molecule has 172 valence electrons. The Kier molecular flexibility index (Phi) is 5.45. The van der Waals surface area contributed by atoms with Gasteiger partial charge in [-0.1, -0.05) is 25.1 Å². The monoisotopic (exact) mass is 459 g/mol. The van der Waals surface area contributed by atoms with Crippen molar-refractivity contribution in [3.8, 4) is 5.75 Å². The second-order valence-electron chi connectivity index (χ2n) is 9.28. The predicted octanol–water partition coefficient (Wildman–Crippen LogP) is 2.40. The highest BCUT2D eigenvalue weighted by atomic mass is 32.2. The number of pyridine rings is 1. The van der Waals surface area contributed by atoms with Gasteiger partial charge in [-0.05, 0) is 36.0 Å². The van der Waals surface area contributed by atoms with Crippen LogP contribution in [0.4, 0.5) is 6.01 Å². The normalized spacial score (nSPS) is 25.7. The van der Waals surface area contributed by atoms with Crippen molar-refractivity contribution in [2.45, 2.75) is 26.2 Å². The lowest BCUT2D eigenvalue weighted by Crippen LogP contribution is -2.33. The van der Waals surface area contributed by atoms with Crippen molar-refractivity contribution < 1.29 is 17.7 Å². The van der Waals surface area contributed by atoms with Crippen LogP contribution in [0.15, 0.2) is 28.9 Å². The van der Waals surface area contributed by atoms with Crippen LogP contribution in [0.3, 0.4) is 0 Å². The quantitative estimate of drug-likeness (QED) is 0.622. The van der Waals surface area contributed by atoms with E-state index in [0.29, 0.717) is 49.9 Å². The number of ether oxygens (including phenoxy) is 1. The Morgan fingerprint density at radius 1 is 1.25 bits per heavy atom. The van der Waals surface area contributed by atoms with E-state index >= 15 is 0 Å². The molecule has 1 saturated heterocycles. The summed E-state index contributed by atoms with van der Waals surface area (Å²) < 4.78 is 36.2. The number of rotatable bonds is 7. The first-order valence-electron chi connectivity index (χ1n) is 11.1. The maximum absolute atomic E-state index is 11.6. The zero-order valence-electron chi connectivity index (χ0n) is 18.6. The van der Waals surface area contributed by atoms with E-state index in [0.717, 1.165) is 35.9 Å². The molecule has 2 aliphatic heterocycles. The molecule has 1 aliphatic carbocycles. The van der Waals surface area contributed by atoms with Gasteiger partial charge in [0.15, 0.2) is 5.82 Å². The van der Waals surface area contributed by atoms with Crippen LogP contribution in [-0.4, -0.2) is 66.9 Å². The van der Waals surface area contributed by atoms with Gasteiger partial charge in [-0.2, -0.15) is 9.29 Å². The van der Waals surface area contributed by atoms with Crippen LogP contribution in [0.25, 0.3) is 5.57 Å². The molecule has 3 atom stereocenters. The Morgan fingerprint density at radius 3 is 2.59 bits per heavy atom. The van der Waals surface area contributed by atoms with Crippen molar-refractivity contribution in [3.63, 3.8) is 0 Å². The number of nitrogens with zero attached hydrogens (tertiary/aromatic N) is 5. The molecular formula is C22H29N5O4S. The third kappa shape index (κ3) is 4.25. The molecule has 1 saturated carbocycles. The smallest absolute Gasteiger partial charge is 0.324 e. The molecule has 0 bridgehead atoms. The molecule has 5 rings (SSSR count). The summed E-state index contributed by atoms with van der Waals surface area (Å²) in [7, 11) is -3.14. The van der Waals surface area contributed by atoms with Crippen LogP contribution in [0.1, 0.15) is 37.7 Å². The molecule has 10 heteroatoms. The minimum Gasteiger partial charge on any atom is -0.492 e. The summed E-state index contributed by atoms with van der Waals surface area (Å²) in [5.41, 5.74) is 1.96. The highest BCUT2D eigenvalue weighted by Gasteiger charge is 2.56. The first-order chi connectivity index (χ1) is 15.3. The van der Waals surface area contributed by atoms with Gasteiger partial charge in [0.05, 0.1) is 24.8 Å². The fraction of sp³-hybridized carbons (Fsp3) is 0.591. The van der Waals surface area contributed by atoms with E-state index in [4.69, 9.17) is 9.26 Å². The Morgan fingerprint density at radius 2 is 2.03 bits per heavy atom. The van der Waals surface area contributed by atoms with Gasteiger partial charge in [-0.15, -0.1) is 0 Å². The van der Waals surface area contributed by atoms with Crippen molar-refractivity contribution in [2.24, 2.45) is 17.8 Å². The van der Waals surface area contributed by atoms with Crippen LogP contribution < -0.4 is 9.64 Å². The highest BCUT2D eigenvalue weighted by Crippen LogP contribution is 2.52. The van der Waals surface area contributed by atoms with Crippen LogP contribution in [-0.2, 0) is 10.0 Å². The molecule has 0 amide bonds. The molecule has 0 spiro atoms. The molecule has 1 unspecified atom stereocenters. The Hall–Kier alpha value is -2.46. The first kappa shape index (κ1) is 21.4. The number of fused-ring (bicyclic) bond motifs is 1. The Labute approximate surface area is 188 Å². The summed E-state index contributed by atoms with van der Waals surface area (Å²) in [4.78, 5) is 11.2. The average Bonchev–Trinajstić information content (AvgIpc) is 3.16. The van der Waals surface area contributed by atoms with E-state index in [-0.39, 0.29) is 5.92 Å². The lowest BCUT2D eigenvalue weighted by Gasteiger charge is -2.23. The van der Waals surface area contributed by atoms with Gasteiger partial charge in [0, 0.05) is 38.0 Å². The number of hydrogen-bond acceptors (Lipinski definition) is 8. The van der Waals surface area contributed by atoms with Gasteiger partial charge in [0.25, 0.3) is 0 Å². The molecule has 2 fully saturated rings. The van der Waals surface area contributed by atoms with Gasteiger partial charge in [0.1, 0.15) is 5.75 Å². The predicted molar refractivity (Wildman–Crippen MR) is 120 cm³/mol. The van der Waals surface area contributed by atoms with Crippen molar-refractivity contribution in [3.05, 3.63) is 35.9 Å². The SMILES string of the molecule is CC(C)c1noc(N2CC3[C@@H](COc4ccc(C5=CCN(S(C)(=O)=O)CC5)nc4)[C@@H]3C2)n1. The highest BCUT2D eigenvalue weighted by molar-refractivity contribution is 7.88. The molecule has 2 aromatic rings. The number of aromatic nitrogens is 3. The second kappa shape index (κ2) is 8.15. The largest absolute Gasteiger partial charge is 0.492 e. The summed E-state index contributed by atoms with van der Waals surface area (Å²) in [5, 5.41) is 4.06. The number of hydrogen-bond donors (Lipinski definition) is 0. The zero-order chi connectivity index (χ0) is 22.5. The molecule has 4 heterocycles. The molecule has 0 aromatic carbocycles. The molecule has 3 aliphatic rings. The second-order valence-corrected chi connectivity index (χ2v) is 11.3. The van der Waals surface area contributed by atoms with E-state index in [1.54, 1.807) is 6.20 Å². The third-order valence-electron chi connectivity index (χ3n) is 6.74. The van der Waals surface area contributed by atoms with Gasteiger partial charge >= 0.3 is 6.01 Å². The van der Waals surface area contributed by atoms with Crippen LogP contribution in [0, 0.1) is 17.8 Å². The van der Waals surface area contributed by atoms with E-state index in [1.165, 1.54) is 10.6 Å². The van der Waals surface area contributed by atoms with Crippen LogP contribution in [0.5, 0.6) is 5.75 Å². The number of anilines is 1. The Balaban J connectivity index is 1.10. The minimum absolute atomic E-state index is 0.266. The van der Waals surface area contributed by atoms with Crippen molar-refractivity contribution in [1.82, 2.24) is 19.4 Å². The van der Waals surface area contributed by atoms with Crippen LogP contribution in [0.2, 0.25) is 0 Å². The fourth-order valence-corrected chi connectivity index (χ4v) is 5.44. The topological polar surface area (TPSA) is 102 Å². The number of sulfonamides is 1. The summed E-state index contributed by atoms with van der Waals surface area (Å²) in [5.74, 6) is 3.57. The van der Waals surface area contributed by atoms with E-state index in [1.807, 2.05) is 18.2 Å². The van der Waals surface area contributed by atoms with E-state index in [9.17, 15) is 8.42 Å². The van der Waals surface area contributed by atoms with E-state index < -0.39 is 10.0 Å². The molecule has 9 nitrogen and oxygen atoms in total. The molecule has 0 N–H and O–H groups in total. The average molecular weight is 460 g/mol. The van der Waals surface area contributed by atoms with E-state index in [2.05, 4.69) is 33.9 Å². The lowest BCUT2D eigenvalue weighted by molar-refractivity contribution is 0.280. The van der Waals surface area contributed by atoms with Crippen LogP contribution >= 0.6 is 0 Å². The summed E-state index contributed by atoms with van der Waals surface area (Å²) in [6.45, 7) is 7.58. The zero-order valence-corrected chi connectivity index (χ0v) is 19.5. The fourth-order valence-electron chi connectivity index (χ4n) is 4.67. The minimum atomic E-state index is -3.14. The molecular weight excluding hydrogens is 430 g/mol. The third-order valence-corrected chi connectivity index (χ3v) is 8.01. The van der Waals surface area contributed by atoms with Crippen molar-refractivity contribution in [1.29, 1.82) is 0 Å². The lowest BCUT2D eigenvalue weighted by atomic mass is 10.1. The van der Waals surface area contributed by atoms with Gasteiger partial charge in [-0.3, -0.25) is 4.98 Å². The summed E-state index contributed by atoms with van der Waals surface area (Å²) >= 11 is 0. The molecule has 32 heavy (non-hydrogen) atoms. The standard InChI is InChI=1S/C22H29N5O4S/c1-14(2)21-24-22(31-25-21)26-11-17-18(12-26)19(17)13-30-16-4-5-20(23-10-16)15-6-8-27(9-7-15)32(3,28)29/h4-6,10,14,17-19H,7-9,11-13H2,1-3H3/t17-,18?,19+/m1/s1. The maximum atomic E-state index is 11.6. The maximum Gasteiger partial charge on any atom is 0.324 e. The summed E-state index contributed by atoms with van der Waals surface area (Å²) in [6.07, 6.45) is 5.62. The van der Waals surface area contributed by atoms with Crippen molar-refractivity contribution in [2.75, 3.05) is 43.9 Å². The van der Waals surface area contributed by atoms with Gasteiger partial charge in [0.2, 0.25) is 10.0 Å². The van der Waals surface area contributed by atoms with Gasteiger partial charge < -0.3 is 14.2 Å². The summed E-state index contributed by atoms with van der Waals surface area (Å²) in [6, 6.07) is 4.54. The number of piperidine rings is 1. The first-order valence-corrected chi connectivity index (χ1v) is 13.0. The van der Waals surface area contributed by atoms with Crippen molar-refractivity contribution >= 4 is 21.6 Å².